The molecule has 0 amide bonds. The molecule has 1 aromatic heterocycles. The molecule has 0 radical (unpaired) electrons. The normalized spacial score (nSPS) is 10.3. The van der Waals surface area contributed by atoms with Crippen molar-refractivity contribution < 1.29 is 9.84 Å². The molecule has 2 N–H and O–H groups in total. The van der Waals surface area contributed by atoms with Crippen molar-refractivity contribution in [1.29, 1.82) is 0 Å². The number of hydrogen-bond acceptors (Lipinski definition) is 4. The van der Waals surface area contributed by atoms with Gasteiger partial charge in [0.15, 0.2) is 0 Å². The molecule has 1 rings (SSSR count). The van der Waals surface area contributed by atoms with E-state index in [9.17, 15) is 0 Å². The first-order valence-corrected chi connectivity index (χ1v) is 5.18. The number of aromatic nitrogens is 1. The number of ether oxygens (including phenoxy) is 1. The zero-order valence-corrected chi connectivity index (χ0v) is 9.07. The van der Waals surface area contributed by atoms with E-state index in [1.54, 1.807) is 6.20 Å². The molecule has 1 heterocycles. The van der Waals surface area contributed by atoms with Crippen LogP contribution in [0.5, 0.6) is 0 Å². The second-order valence-corrected chi connectivity index (χ2v) is 3.30. The number of nitrogens with zero attached hydrogens (tertiary/aromatic N) is 1. The van der Waals surface area contributed by atoms with Crippen LogP contribution in [0.2, 0.25) is 0 Å². The number of pyridine rings is 1. The molecule has 0 fully saturated rings. The number of hydrogen-bond donors (Lipinski definition) is 2. The van der Waals surface area contributed by atoms with Crippen molar-refractivity contribution in [3.63, 3.8) is 0 Å². The minimum atomic E-state index is 0.0942. The van der Waals surface area contributed by atoms with Gasteiger partial charge in [-0.25, -0.2) is 0 Å². The third-order valence-electron chi connectivity index (χ3n) is 1.93. The van der Waals surface area contributed by atoms with Gasteiger partial charge < -0.3 is 15.2 Å². The highest BCUT2D eigenvalue weighted by molar-refractivity contribution is 5.42. The topological polar surface area (TPSA) is 54.4 Å². The van der Waals surface area contributed by atoms with E-state index >= 15 is 0 Å². The van der Waals surface area contributed by atoms with E-state index in [2.05, 4.69) is 10.3 Å². The van der Waals surface area contributed by atoms with Crippen molar-refractivity contribution in [3.05, 3.63) is 24.0 Å². The summed E-state index contributed by atoms with van der Waals surface area (Å²) in [5.41, 5.74) is 2.10. The third kappa shape index (κ3) is 5.34. The Labute approximate surface area is 90.3 Å². The predicted molar refractivity (Wildman–Crippen MR) is 60.0 cm³/mol. The van der Waals surface area contributed by atoms with Gasteiger partial charge in [-0.1, -0.05) is 0 Å². The molecule has 0 aliphatic carbocycles. The van der Waals surface area contributed by atoms with Gasteiger partial charge in [-0.2, -0.15) is 0 Å². The van der Waals surface area contributed by atoms with E-state index in [1.165, 1.54) is 0 Å². The number of rotatable bonds is 7. The van der Waals surface area contributed by atoms with Crippen molar-refractivity contribution in [2.75, 3.05) is 31.7 Å². The van der Waals surface area contributed by atoms with Gasteiger partial charge in [0.05, 0.1) is 13.2 Å². The summed E-state index contributed by atoms with van der Waals surface area (Å²) in [6.07, 6.45) is 2.72. The van der Waals surface area contributed by atoms with Crippen molar-refractivity contribution in [1.82, 2.24) is 4.98 Å². The number of anilines is 1. The van der Waals surface area contributed by atoms with Crippen LogP contribution in [-0.4, -0.2) is 36.5 Å². The van der Waals surface area contributed by atoms with E-state index in [4.69, 9.17) is 9.84 Å². The summed E-state index contributed by atoms with van der Waals surface area (Å²) in [7, 11) is 0. The summed E-state index contributed by atoms with van der Waals surface area (Å²) < 4.78 is 5.14. The van der Waals surface area contributed by atoms with Gasteiger partial charge in [0.25, 0.3) is 0 Å². The van der Waals surface area contributed by atoms with E-state index in [-0.39, 0.29) is 6.61 Å². The summed E-state index contributed by atoms with van der Waals surface area (Å²) in [5.74, 6) is 0. The van der Waals surface area contributed by atoms with Gasteiger partial charge in [0, 0.05) is 30.7 Å². The minimum Gasteiger partial charge on any atom is -0.394 e. The lowest BCUT2D eigenvalue weighted by Crippen LogP contribution is -2.07. The average Bonchev–Trinajstić information content (AvgIpc) is 2.23. The lowest BCUT2D eigenvalue weighted by Gasteiger charge is -2.06. The largest absolute Gasteiger partial charge is 0.394 e. The summed E-state index contributed by atoms with van der Waals surface area (Å²) in [6.45, 7) is 4.04. The van der Waals surface area contributed by atoms with Crippen LogP contribution in [0, 0.1) is 6.92 Å². The highest BCUT2D eigenvalue weighted by atomic mass is 16.5. The van der Waals surface area contributed by atoms with Crippen molar-refractivity contribution in [2.24, 2.45) is 0 Å². The summed E-state index contributed by atoms with van der Waals surface area (Å²) in [6, 6.07) is 3.95. The molecule has 0 unspecified atom stereocenters. The predicted octanol–water partition coefficient (Wildman–Crippen LogP) is 1.20. The minimum absolute atomic E-state index is 0.0942. The van der Waals surface area contributed by atoms with Crippen molar-refractivity contribution >= 4 is 5.69 Å². The maximum absolute atomic E-state index is 8.48. The van der Waals surface area contributed by atoms with Gasteiger partial charge in [0.1, 0.15) is 0 Å². The van der Waals surface area contributed by atoms with Gasteiger partial charge in [-0.15, -0.1) is 0 Å². The Kier molecular flexibility index (Phi) is 5.73. The van der Waals surface area contributed by atoms with E-state index in [0.717, 1.165) is 24.3 Å². The Balaban J connectivity index is 2.10. The fourth-order valence-electron chi connectivity index (χ4n) is 1.23. The van der Waals surface area contributed by atoms with Gasteiger partial charge in [0.2, 0.25) is 0 Å². The highest BCUT2D eigenvalue weighted by Crippen LogP contribution is 2.06. The first kappa shape index (κ1) is 11.9. The molecule has 0 spiro atoms. The standard InChI is InChI=1S/C11H18N2O2/c1-10-9-11(3-5-12-10)13-4-2-7-15-8-6-14/h3,5,9,14H,2,4,6-8H2,1H3,(H,12,13). The Morgan fingerprint density at radius 3 is 3.07 bits per heavy atom. The zero-order chi connectivity index (χ0) is 10.9. The fraction of sp³-hybridized carbons (Fsp3) is 0.545. The maximum Gasteiger partial charge on any atom is 0.0697 e. The zero-order valence-electron chi connectivity index (χ0n) is 9.07. The summed E-state index contributed by atoms with van der Waals surface area (Å²) in [4.78, 5) is 4.12. The molecule has 0 bridgehead atoms. The molecule has 4 heteroatoms. The smallest absolute Gasteiger partial charge is 0.0697 e. The first-order chi connectivity index (χ1) is 7.33. The fourth-order valence-corrected chi connectivity index (χ4v) is 1.23. The number of aliphatic hydroxyl groups excluding tert-OH is 1. The van der Waals surface area contributed by atoms with Crippen LogP contribution >= 0.6 is 0 Å². The van der Waals surface area contributed by atoms with Crippen LogP contribution in [0.1, 0.15) is 12.1 Å². The number of aliphatic hydroxyl groups is 1. The molecule has 1 aromatic rings. The summed E-state index contributed by atoms with van der Waals surface area (Å²) >= 11 is 0. The van der Waals surface area contributed by atoms with Crippen LogP contribution in [0.3, 0.4) is 0 Å². The Bertz CT molecular complexity index is 279. The van der Waals surface area contributed by atoms with Crippen molar-refractivity contribution in [3.8, 4) is 0 Å². The Hall–Kier alpha value is -1.13. The van der Waals surface area contributed by atoms with Crippen LogP contribution in [0.15, 0.2) is 18.3 Å². The molecule has 0 atom stereocenters. The van der Waals surface area contributed by atoms with Gasteiger partial charge >= 0.3 is 0 Å². The Morgan fingerprint density at radius 2 is 2.33 bits per heavy atom. The molecular formula is C11H18N2O2. The molecule has 0 aliphatic rings. The number of nitrogens with one attached hydrogen (secondary N) is 1. The molecule has 0 saturated carbocycles. The Morgan fingerprint density at radius 1 is 1.47 bits per heavy atom. The molecule has 0 aliphatic heterocycles. The second-order valence-electron chi connectivity index (χ2n) is 3.30. The molecule has 15 heavy (non-hydrogen) atoms. The van der Waals surface area contributed by atoms with E-state index in [1.807, 2.05) is 19.1 Å². The van der Waals surface area contributed by atoms with Gasteiger partial charge in [-0.3, -0.25) is 4.98 Å². The van der Waals surface area contributed by atoms with Crippen molar-refractivity contribution in [2.45, 2.75) is 13.3 Å². The SMILES string of the molecule is Cc1cc(NCCCOCCO)ccn1. The van der Waals surface area contributed by atoms with Crippen LogP contribution in [0.25, 0.3) is 0 Å². The third-order valence-corrected chi connectivity index (χ3v) is 1.93. The lowest BCUT2D eigenvalue weighted by molar-refractivity contribution is 0.0922. The molecule has 0 saturated heterocycles. The maximum atomic E-state index is 8.48. The first-order valence-electron chi connectivity index (χ1n) is 5.18. The van der Waals surface area contributed by atoms with E-state index < -0.39 is 0 Å². The second kappa shape index (κ2) is 7.20. The van der Waals surface area contributed by atoms with E-state index in [0.29, 0.717) is 13.2 Å². The molecule has 84 valence electrons. The van der Waals surface area contributed by atoms with Crippen LogP contribution in [0.4, 0.5) is 5.69 Å². The molecule has 0 aromatic carbocycles. The highest BCUT2D eigenvalue weighted by Gasteiger charge is 1.92. The molecule has 4 nitrogen and oxygen atoms in total. The van der Waals surface area contributed by atoms with Gasteiger partial charge in [-0.05, 0) is 25.5 Å². The van der Waals surface area contributed by atoms with Crippen LogP contribution < -0.4 is 5.32 Å². The number of aryl methyl sites for hydroxylation is 1. The average molecular weight is 210 g/mol. The quantitative estimate of drug-likeness (QED) is 0.664. The monoisotopic (exact) mass is 210 g/mol. The molecular weight excluding hydrogens is 192 g/mol. The van der Waals surface area contributed by atoms with Crippen LogP contribution in [-0.2, 0) is 4.74 Å². The summed E-state index contributed by atoms with van der Waals surface area (Å²) in [5, 5.41) is 11.8. The lowest BCUT2D eigenvalue weighted by atomic mass is 10.3.